The number of quaternary nitrogens is 1. The molecule has 0 aromatic carbocycles. The summed E-state index contributed by atoms with van der Waals surface area (Å²) in [7, 11) is 1.96. The van der Waals surface area contributed by atoms with Gasteiger partial charge in [0.1, 0.15) is 6.54 Å². The van der Waals surface area contributed by atoms with Crippen molar-refractivity contribution in [1.29, 1.82) is 0 Å². The van der Waals surface area contributed by atoms with Crippen LogP contribution in [-0.4, -0.2) is 73.5 Å². The zero-order valence-corrected chi connectivity index (χ0v) is 18.3. The molecule has 0 aromatic heterocycles. The second-order valence-corrected chi connectivity index (χ2v) is 9.21. The first kappa shape index (κ1) is 26.3. The van der Waals surface area contributed by atoms with Gasteiger partial charge < -0.3 is 34.9 Å². The van der Waals surface area contributed by atoms with Crippen molar-refractivity contribution in [1.82, 2.24) is 0 Å². The Kier molecular flexibility index (Phi) is 15.6. The van der Waals surface area contributed by atoms with Gasteiger partial charge in [0.25, 0.3) is 0 Å². The Bertz CT molecular complexity index is 313. The van der Waals surface area contributed by atoms with Crippen LogP contribution >= 0.6 is 0 Å². The highest BCUT2D eigenvalue weighted by atomic mass is 35.5. The Morgan fingerprint density at radius 1 is 0.958 bits per heavy atom. The van der Waals surface area contributed by atoms with Crippen LogP contribution in [0.3, 0.4) is 0 Å². The number of nitrogens with zero attached hydrogens (tertiary/aromatic N) is 1. The normalized spacial score (nSPS) is 12.1. The minimum atomic E-state index is -2.50. The van der Waals surface area contributed by atoms with Crippen LogP contribution in [0.5, 0.6) is 0 Å². The van der Waals surface area contributed by atoms with E-state index in [0.29, 0.717) is 26.4 Å². The predicted molar refractivity (Wildman–Crippen MR) is 97.5 cm³/mol. The van der Waals surface area contributed by atoms with Crippen molar-refractivity contribution in [3.63, 3.8) is 0 Å². The lowest BCUT2D eigenvalue weighted by atomic mass is 10.3. The van der Waals surface area contributed by atoms with Gasteiger partial charge in [0.05, 0.1) is 33.9 Å². The molecule has 0 N–H and O–H groups in total. The van der Waals surface area contributed by atoms with Crippen molar-refractivity contribution in [3.05, 3.63) is 12.2 Å². The summed E-state index contributed by atoms with van der Waals surface area (Å²) in [4.78, 5) is 0. The Balaban J connectivity index is 0. The Morgan fingerprint density at radius 2 is 1.46 bits per heavy atom. The van der Waals surface area contributed by atoms with E-state index in [1.807, 2.05) is 27.7 Å². The summed E-state index contributed by atoms with van der Waals surface area (Å²) in [6.45, 7) is 17.2. The number of hydrogen-bond donors (Lipinski definition) is 0. The first-order valence-electron chi connectivity index (χ1n) is 8.76. The fourth-order valence-electron chi connectivity index (χ4n) is 2.39. The van der Waals surface area contributed by atoms with Gasteiger partial charge in [-0.2, -0.15) is 0 Å². The van der Waals surface area contributed by atoms with E-state index in [1.54, 1.807) is 0 Å². The lowest BCUT2D eigenvalue weighted by Crippen LogP contribution is -3.00. The molecule has 0 atom stereocenters. The van der Waals surface area contributed by atoms with Gasteiger partial charge >= 0.3 is 8.80 Å². The molecule has 0 saturated carbocycles. The predicted octanol–water partition coefficient (Wildman–Crippen LogP) is 0.0980. The number of halogens is 1. The molecule has 0 rings (SSSR count). The number of hydrogen-bond acceptors (Lipinski definition) is 4. The second kappa shape index (κ2) is 14.2. The van der Waals surface area contributed by atoms with Crippen molar-refractivity contribution < 1.29 is 34.9 Å². The molecular weight excluding hydrogens is 346 g/mol. The summed E-state index contributed by atoms with van der Waals surface area (Å²) in [5, 5.41) is 0. The molecule has 0 unspecified atom stereocenters. The molecule has 0 aliphatic carbocycles. The standard InChI is InChI=1S/C17H38NO4Si.ClH/c1-8-20-23(21-9-2,22-10-3)15-11-12-18(6,7)13-14-19-16-17(4)5;/h4,8-16H2,1-3,5-7H3;1H/q+1;/p-1. The average molecular weight is 384 g/mol. The number of likely N-dealkylation sites (N-methyl/N-ethyl adjacent to an activating group) is 1. The number of rotatable bonds is 15. The molecule has 0 spiro atoms. The van der Waals surface area contributed by atoms with E-state index in [0.717, 1.165) is 42.2 Å². The quantitative estimate of drug-likeness (QED) is 0.174. The van der Waals surface area contributed by atoms with Crippen LogP contribution in [0.4, 0.5) is 0 Å². The Hall–Kier alpha value is 0.0469. The third-order valence-electron chi connectivity index (χ3n) is 3.53. The molecule has 0 aromatic rings. The molecule has 0 saturated heterocycles. The van der Waals surface area contributed by atoms with Crippen LogP contribution in [0, 0.1) is 0 Å². The average Bonchev–Trinajstić information content (AvgIpc) is 2.44. The summed E-state index contributed by atoms with van der Waals surface area (Å²) in [6, 6.07) is 0.872. The van der Waals surface area contributed by atoms with Crippen molar-refractivity contribution in [2.24, 2.45) is 0 Å². The third-order valence-corrected chi connectivity index (χ3v) is 6.68. The molecular formula is C17H38ClNO4Si. The summed E-state index contributed by atoms with van der Waals surface area (Å²) in [5.41, 5.74) is 1.07. The van der Waals surface area contributed by atoms with Gasteiger partial charge in [-0.1, -0.05) is 12.2 Å². The van der Waals surface area contributed by atoms with Crippen LogP contribution in [0.15, 0.2) is 12.2 Å². The minimum Gasteiger partial charge on any atom is -1.00 e. The first-order chi connectivity index (χ1) is 10.8. The molecule has 0 radical (unpaired) electrons. The van der Waals surface area contributed by atoms with E-state index in [1.165, 1.54) is 0 Å². The van der Waals surface area contributed by atoms with Crippen molar-refractivity contribution >= 4 is 8.80 Å². The van der Waals surface area contributed by atoms with E-state index in [-0.39, 0.29) is 12.4 Å². The second-order valence-electron chi connectivity index (χ2n) is 6.48. The van der Waals surface area contributed by atoms with Gasteiger partial charge in [0, 0.05) is 32.3 Å². The molecule has 7 heteroatoms. The van der Waals surface area contributed by atoms with E-state index < -0.39 is 8.80 Å². The van der Waals surface area contributed by atoms with Gasteiger partial charge in [-0.05, 0) is 27.7 Å². The topological polar surface area (TPSA) is 36.9 Å². The van der Waals surface area contributed by atoms with E-state index in [4.69, 9.17) is 18.0 Å². The van der Waals surface area contributed by atoms with Gasteiger partial charge in [-0.15, -0.1) is 0 Å². The van der Waals surface area contributed by atoms with E-state index in [2.05, 4.69) is 20.7 Å². The Morgan fingerprint density at radius 3 is 1.88 bits per heavy atom. The summed E-state index contributed by atoms with van der Waals surface area (Å²) in [5.74, 6) is 0. The summed E-state index contributed by atoms with van der Waals surface area (Å²) >= 11 is 0. The monoisotopic (exact) mass is 383 g/mol. The molecule has 0 bridgehead atoms. The first-order valence-corrected chi connectivity index (χ1v) is 10.7. The van der Waals surface area contributed by atoms with Gasteiger partial charge in [-0.25, -0.2) is 0 Å². The molecule has 0 heterocycles. The zero-order chi connectivity index (χ0) is 17.8. The Labute approximate surface area is 156 Å². The van der Waals surface area contributed by atoms with Crippen molar-refractivity contribution in [2.75, 3.05) is 60.2 Å². The maximum atomic E-state index is 5.90. The smallest absolute Gasteiger partial charge is 0.501 e. The lowest BCUT2D eigenvalue weighted by Gasteiger charge is -2.32. The molecule has 24 heavy (non-hydrogen) atoms. The lowest BCUT2D eigenvalue weighted by molar-refractivity contribution is -0.890. The fraction of sp³-hybridized carbons (Fsp3) is 0.882. The highest BCUT2D eigenvalue weighted by molar-refractivity contribution is 6.60. The molecule has 146 valence electrons. The highest BCUT2D eigenvalue weighted by Crippen LogP contribution is 2.19. The molecule has 0 aliphatic heterocycles. The van der Waals surface area contributed by atoms with Crippen LogP contribution in [0.2, 0.25) is 6.04 Å². The minimum absolute atomic E-state index is 0. The summed E-state index contributed by atoms with van der Waals surface area (Å²) in [6.07, 6.45) is 1.03. The van der Waals surface area contributed by atoms with Crippen LogP contribution in [0.1, 0.15) is 34.1 Å². The maximum Gasteiger partial charge on any atom is 0.501 e. The van der Waals surface area contributed by atoms with Gasteiger partial charge in [0.15, 0.2) is 0 Å². The highest BCUT2D eigenvalue weighted by Gasteiger charge is 2.40. The van der Waals surface area contributed by atoms with Crippen LogP contribution in [0.25, 0.3) is 0 Å². The van der Waals surface area contributed by atoms with Crippen LogP contribution < -0.4 is 12.4 Å². The van der Waals surface area contributed by atoms with Crippen molar-refractivity contribution in [2.45, 2.75) is 40.2 Å². The van der Waals surface area contributed by atoms with E-state index in [9.17, 15) is 0 Å². The van der Waals surface area contributed by atoms with Crippen LogP contribution in [-0.2, 0) is 18.0 Å². The molecule has 0 aliphatic rings. The zero-order valence-electron chi connectivity index (χ0n) is 16.5. The van der Waals surface area contributed by atoms with E-state index >= 15 is 0 Å². The van der Waals surface area contributed by atoms with Gasteiger partial charge in [0.2, 0.25) is 0 Å². The molecule has 0 amide bonds. The van der Waals surface area contributed by atoms with Gasteiger partial charge in [-0.3, -0.25) is 0 Å². The summed E-state index contributed by atoms with van der Waals surface area (Å²) < 4.78 is 24.2. The SMILES string of the molecule is C=C(C)COCC[N+](C)(C)CCC[Si](OCC)(OCC)OCC.[Cl-]. The van der Waals surface area contributed by atoms with Crippen molar-refractivity contribution in [3.8, 4) is 0 Å². The fourth-order valence-corrected chi connectivity index (χ4v) is 4.99. The largest absolute Gasteiger partial charge is 1.00 e. The molecule has 5 nitrogen and oxygen atoms in total. The maximum absolute atomic E-state index is 5.90. The molecule has 0 fully saturated rings. The third kappa shape index (κ3) is 12.4. The number of ether oxygens (including phenoxy) is 1.